The predicted molar refractivity (Wildman–Crippen MR) is 141 cm³/mol. The normalized spacial score (nSPS) is 20.8. The summed E-state index contributed by atoms with van der Waals surface area (Å²) in [5.74, 6) is 2.07. The van der Waals surface area contributed by atoms with E-state index in [0.29, 0.717) is 12.0 Å². The monoisotopic (exact) mass is 489 g/mol. The highest BCUT2D eigenvalue weighted by Gasteiger charge is 2.30. The van der Waals surface area contributed by atoms with Crippen LogP contribution in [0.5, 0.6) is 5.75 Å². The van der Waals surface area contributed by atoms with E-state index in [1.807, 2.05) is 18.3 Å². The number of aryl methyl sites for hydroxylation is 1. The topological polar surface area (TPSA) is 70.8 Å². The molecule has 6 rings (SSSR count). The standard InChI is InChI=1S/C26H31N7OS/c1-16-14-32(12-11-31(16)3)17(2)18-5-6-19-22(13-18)35-26-23(19)25(27-15-28-26)30-20-8-10-33-21(7-9-29-33)24(20)34-4/h7-10,15-16,18H,2,5-6,11-14H2,1,3-4H3,(H,27,28,30)/t16-,18+/m1/s1. The van der Waals surface area contributed by atoms with Gasteiger partial charge in [-0.25, -0.2) is 14.5 Å². The van der Waals surface area contributed by atoms with Crippen molar-refractivity contribution in [2.75, 3.05) is 39.1 Å². The fourth-order valence-corrected chi connectivity index (χ4v) is 6.74. The van der Waals surface area contributed by atoms with Gasteiger partial charge in [-0.15, -0.1) is 11.3 Å². The Morgan fingerprint density at radius 3 is 2.97 bits per heavy atom. The number of pyridine rings is 1. The highest BCUT2D eigenvalue weighted by Crippen LogP contribution is 2.43. The summed E-state index contributed by atoms with van der Waals surface area (Å²) in [6, 6.07) is 4.48. The van der Waals surface area contributed by atoms with Crippen molar-refractivity contribution in [3.63, 3.8) is 0 Å². The predicted octanol–water partition coefficient (Wildman–Crippen LogP) is 4.35. The summed E-state index contributed by atoms with van der Waals surface area (Å²) in [5, 5.41) is 8.99. The first kappa shape index (κ1) is 22.3. The number of fused-ring (bicyclic) bond motifs is 4. The van der Waals surface area contributed by atoms with Crippen LogP contribution in [0.4, 0.5) is 11.5 Å². The van der Waals surface area contributed by atoms with Crippen LogP contribution in [0.2, 0.25) is 0 Å². The summed E-state index contributed by atoms with van der Waals surface area (Å²) < 4.78 is 7.53. The van der Waals surface area contributed by atoms with Gasteiger partial charge in [0.2, 0.25) is 0 Å². The molecule has 5 heterocycles. The van der Waals surface area contributed by atoms with Gasteiger partial charge in [0.15, 0.2) is 5.75 Å². The SMILES string of the molecule is C=C([C@H]1CCc2c(sc3ncnc(Nc4ccn5nccc5c4OC)c23)C1)N1CCN(C)[C@H](C)C1. The first-order chi connectivity index (χ1) is 17.0. The number of thiophene rings is 1. The Bertz CT molecular complexity index is 1410. The fourth-order valence-electron chi connectivity index (χ4n) is 5.47. The Morgan fingerprint density at radius 2 is 2.14 bits per heavy atom. The van der Waals surface area contributed by atoms with Gasteiger partial charge in [-0.1, -0.05) is 6.58 Å². The maximum absolute atomic E-state index is 5.73. The number of hydrogen-bond donors (Lipinski definition) is 1. The Balaban J connectivity index is 1.29. The molecule has 0 radical (unpaired) electrons. The summed E-state index contributed by atoms with van der Waals surface area (Å²) >= 11 is 1.80. The molecule has 9 heteroatoms. The van der Waals surface area contributed by atoms with E-state index in [0.717, 1.165) is 71.9 Å². The number of nitrogens with one attached hydrogen (secondary N) is 1. The molecule has 4 aromatic rings. The molecular formula is C26H31N7OS. The first-order valence-electron chi connectivity index (χ1n) is 12.2. The molecule has 1 N–H and O–H groups in total. The molecule has 0 amide bonds. The van der Waals surface area contributed by atoms with Gasteiger partial charge in [-0.2, -0.15) is 5.10 Å². The molecule has 2 aliphatic rings. The smallest absolute Gasteiger partial charge is 0.168 e. The lowest BCUT2D eigenvalue weighted by atomic mass is 9.85. The van der Waals surface area contributed by atoms with E-state index in [-0.39, 0.29) is 0 Å². The maximum Gasteiger partial charge on any atom is 0.168 e. The minimum atomic E-state index is 0.486. The van der Waals surface area contributed by atoms with Gasteiger partial charge in [-0.3, -0.25) is 0 Å². The fraction of sp³-hybridized carbons (Fsp3) is 0.423. The van der Waals surface area contributed by atoms with Gasteiger partial charge < -0.3 is 19.9 Å². The number of likely N-dealkylation sites (N-methyl/N-ethyl adjacent to an activating group) is 1. The molecule has 1 saturated heterocycles. The summed E-state index contributed by atoms with van der Waals surface area (Å²) in [6.07, 6.45) is 8.50. The van der Waals surface area contributed by atoms with E-state index in [9.17, 15) is 0 Å². The quantitative estimate of drug-likeness (QED) is 0.447. The van der Waals surface area contributed by atoms with E-state index < -0.39 is 0 Å². The van der Waals surface area contributed by atoms with Crippen LogP contribution in [-0.4, -0.2) is 69.2 Å². The molecule has 4 aromatic heterocycles. The van der Waals surface area contributed by atoms with Crippen LogP contribution in [0.3, 0.4) is 0 Å². The van der Waals surface area contributed by atoms with Crippen molar-refractivity contribution in [2.24, 2.45) is 5.92 Å². The number of nitrogens with zero attached hydrogens (tertiary/aromatic N) is 6. The minimum absolute atomic E-state index is 0.486. The van der Waals surface area contributed by atoms with Crippen molar-refractivity contribution in [3.05, 3.63) is 53.6 Å². The summed E-state index contributed by atoms with van der Waals surface area (Å²) in [4.78, 5) is 16.7. The van der Waals surface area contributed by atoms with Crippen LogP contribution < -0.4 is 10.1 Å². The Kier molecular flexibility index (Phi) is 5.61. The molecule has 182 valence electrons. The van der Waals surface area contributed by atoms with Crippen molar-refractivity contribution < 1.29 is 4.74 Å². The van der Waals surface area contributed by atoms with Crippen molar-refractivity contribution >= 4 is 38.6 Å². The van der Waals surface area contributed by atoms with Crippen LogP contribution in [0.1, 0.15) is 23.8 Å². The van der Waals surface area contributed by atoms with Crippen molar-refractivity contribution in [2.45, 2.75) is 32.2 Å². The molecule has 0 bridgehead atoms. The highest BCUT2D eigenvalue weighted by atomic mass is 32.1. The number of methoxy groups -OCH3 is 1. The second kappa shape index (κ2) is 8.80. The van der Waals surface area contributed by atoms with Crippen molar-refractivity contribution in [3.8, 4) is 5.75 Å². The third-order valence-electron chi connectivity index (χ3n) is 7.67. The summed E-state index contributed by atoms with van der Waals surface area (Å²) in [6.45, 7) is 10.1. The molecular weight excluding hydrogens is 458 g/mol. The summed E-state index contributed by atoms with van der Waals surface area (Å²) in [5.41, 5.74) is 4.46. The van der Waals surface area contributed by atoms with E-state index in [1.165, 1.54) is 16.1 Å². The second-order valence-corrected chi connectivity index (χ2v) is 10.7. The van der Waals surface area contributed by atoms with Crippen LogP contribution in [0.25, 0.3) is 15.7 Å². The molecule has 1 fully saturated rings. The highest BCUT2D eigenvalue weighted by molar-refractivity contribution is 7.19. The third-order valence-corrected chi connectivity index (χ3v) is 8.83. The van der Waals surface area contributed by atoms with Gasteiger partial charge >= 0.3 is 0 Å². The van der Waals surface area contributed by atoms with Crippen LogP contribution in [-0.2, 0) is 12.8 Å². The molecule has 0 unspecified atom stereocenters. The molecule has 1 aliphatic carbocycles. The largest absolute Gasteiger partial charge is 0.492 e. The van der Waals surface area contributed by atoms with E-state index >= 15 is 0 Å². The molecule has 35 heavy (non-hydrogen) atoms. The number of hydrogen-bond acceptors (Lipinski definition) is 8. The zero-order valence-corrected chi connectivity index (χ0v) is 21.3. The Hall–Kier alpha value is -3.17. The number of allylic oxidation sites excluding steroid dienone is 1. The lowest BCUT2D eigenvalue weighted by Gasteiger charge is -2.42. The minimum Gasteiger partial charge on any atom is -0.492 e. The average molecular weight is 490 g/mol. The number of ether oxygens (including phenoxy) is 1. The number of aromatic nitrogens is 4. The molecule has 1 aliphatic heterocycles. The van der Waals surface area contributed by atoms with Gasteiger partial charge in [0.1, 0.15) is 22.5 Å². The van der Waals surface area contributed by atoms with Crippen LogP contribution >= 0.6 is 11.3 Å². The second-order valence-electron chi connectivity index (χ2n) is 9.66. The lowest BCUT2D eigenvalue weighted by Crippen LogP contribution is -2.50. The average Bonchev–Trinajstić information content (AvgIpc) is 3.49. The maximum atomic E-state index is 5.73. The Morgan fingerprint density at radius 1 is 1.26 bits per heavy atom. The van der Waals surface area contributed by atoms with E-state index in [2.05, 4.69) is 50.7 Å². The van der Waals surface area contributed by atoms with Crippen molar-refractivity contribution in [1.82, 2.24) is 29.4 Å². The summed E-state index contributed by atoms with van der Waals surface area (Å²) in [7, 11) is 3.90. The molecule has 0 aromatic carbocycles. The van der Waals surface area contributed by atoms with E-state index in [1.54, 1.807) is 35.5 Å². The van der Waals surface area contributed by atoms with Crippen LogP contribution in [0.15, 0.2) is 43.1 Å². The van der Waals surface area contributed by atoms with Crippen molar-refractivity contribution in [1.29, 1.82) is 0 Å². The van der Waals surface area contributed by atoms with Gasteiger partial charge in [0.25, 0.3) is 0 Å². The number of anilines is 2. The van der Waals surface area contributed by atoms with Gasteiger partial charge in [0.05, 0.1) is 24.4 Å². The molecule has 8 nitrogen and oxygen atoms in total. The third kappa shape index (κ3) is 3.83. The van der Waals surface area contributed by atoms with E-state index in [4.69, 9.17) is 4.74 Å². The van der Waals surface area contributed by atoms with Gasteiger partial charge in [-0.05, 0) is 50.9 Å². The molecule has 0 saturated carbocycles. The number of piperazine rings is 1. The molecule has 2 atom stereocenters. The zero-order valence-electron chi connectivity index (χ0n) is 20.5. The van der Waals surface area contributed by atoms with Crippen LogP contribution in [0, 0.1) is 5.92 Å². The number of rotatable bonds is 5. The molecule has 0 spiro atoms. The lowest BCUT2D eigenvalue weighted by molar-refractivity contribution is 0.120. The van der Waals surface area contributed by atoms with Gasteiger partial charge in [0, 0.05) is 48.4 Å². The first-order valence-corrected chi connectivity index (χ1v) is 13.0. The zero-order chi connectivity index (χ0) is 24.1. The Labute approximate surface area is 209 Å².